The number of thioether (sulfide) groups is 1. The summed E-state index contributed by atoms with van der Waals surface area (Å²) in [4.78, 5) is 0. The van der Waals surface area contributed by atoms with Gasteiger partial charge in [0.25, 0.3) is 0 Å². The van der Waals surface area contributed by atoms with Crippen molar-refractivity contribution in [3.8, 4) is 23.0 Å². The molecule has 0 bridgehead atoms. The lowest BCUT2D eigenvalue weighted by Gasteiger charge is -2.24. The Balaban J connectivity index is 0.720. The minimum absolute atomic E-state index is 0.172. The van der Waals surface area contributed by atoms with Crippen LogP contribution in [-0.2, 0) is 22.3 Å². The molecule has 9 heteroatoms. The first-order valence-corrected chi connectivity index (χ1v) is 32.7. The Morgan fingerprint density at radius 1 is 0.410 bits per heavy atom. The van der Waals surface area contributed by atoms with Crippen molar-refractivity contribution in [3.05, 3.63) is 190 Å². The number of halogens is 2. The fraction of sp³-hybridized carbons (Fsp3) is 0.459. The van der Waals surface area contributed by atoms with E-state index in [1.54, 1.807) is 0 Å². The molecule has 2 fully saturated rings. The van der Waals surface area contributed by atoms with Crippen LogP contribution in [0.2, 0.25) is 0 Å². The molecule has 6 nitrogen and oxygen atoms in total. The molecule has 2 saturated heterocycles. The maximum Gasteiger partial charge on any atom is 0.199 e. The van der Waals surface area contributed by atoms with Gasteiger partial charge in [0.2, 0.25) is 0 Å². The van der Waals surface area contributed by atoms with E-state index < -0.39 is 0 Å². The van der Waals surface area contributed by atoms with Gasteiger partial charge in [-0.25, -0.2) is 0 Å². The van der Waals surface area contributed by atoms with Crippen LogP contribution in [0.1, 0.15) is 186 Å². The van der Waals surface area contributed by atoms with Gasteiger partial charge in [-0.2, -0.15) is 11.8 Å². The van der Waals surface area contributed by atoms with Gasteiger partial charge in [0, 0.05) is 23.3 Å². The number of alkyl halides is 2. The van der Waals surface area contributed by atoms with Crippen LogP contribution < -0.4 is 18.9 Å². The first-order valence-electron chi connectivity index (χ1n) is 31.7. The molecular weight excluding hydrogens is 1050 g/mol. The van der Waals surface area contributed by atoms with Crippen molar-refractivity contribution in [3.63, 3.8) is 0 Å². The fourth-order valence-electron chi connectivity index (χ4n) is 12.6. The lowest BCUT2D eigenvalue weighted by molar-refractivity contribution is -0.106. The minimum atomic E-state index is -0.274. The molecule has 2 heterocycles. The van der Waals surface area contributed by atoms with Gasteiger partial charge in [0.05, 0.1) is 39.8 Å². The molecule has 0 saturated carbocycles. The first kappa shape index (κ1) is 60.3. The molecule has 10 rings (SSSR count). The van der Waals surface area contributed by atoms with Crippen molar-refractivity contribution in [2.24, 2.45) is 0 Å². The van der Waals surface area contributed by atoms with Crippen LogP contribution in [0.15, 0.2) is 146 Å². The van der Waals surface area contributed by atoms with Gasteiger partial charge in [-0.1, -0.05) is 97.1 Å². The van der Waals surface area contributed by atoms with Gasteiger partial charge >= 0.3 is 0 Å². The highest BCUT2D eigenvalue weighted by molar-refractivity contribution is 8.00. The monoisotopic (exact) mass is 1140 g/mol. The van der Waals surface area contributed by atoms with Gasteiger partial charge in [-0.05, 0) is 257 Å². The Kier molecular flexibility index (Phi) is 23.5. The second-order valence-corrected chi connectivity index (χ2v) is 24.7. The zero-order chi connectivity index (χ0) is 56.7. The van der Waals surface area contributed by atoms with E-state index in [0.717, 1.165) is 177 Å². The summed E-state index contributed by atoms with van der Waals surface area (Å²) in [7, 11) is 0. The van der Waals surface area contributed by atoms with Gasteiger partial charge in [-0.3, -0.25) is 8.78 Å². The van der Waals surface area contributed by atoms with Crippen LogP contribution >= 0.6 is 11.8 Å². The molecule has 4 aliphatic rings. The molecule has 6 aromatic carbocycles. The van der Waals surface area contributed by atoms with E-state index >= 15 is 0 Å². The average Bonchev–Trinajstić information content (AvgIpc) is 4.13. The largest absolute Gasteiger partial charge is 0.494 e. The molecule has 0 spiro atoms. The number of fused-ring (bicyclic) bond motifs is 2. The summed E-state index contributed by atoms with van der Waals surface area (Å²) < 4.78 is 64.2. The van der Waals surface area contributed by atoms with Crippen molar-refractivity contribution in [1.82, 2.24) is 0 Å². The summed E-state index contributed by atoms with van der Waals surface area (Å²) in [6.07, 6.45) is 23.2. The van der Waals surface area contributed by atoms with E-state index in [1.807, 2.05) is 0 Å². The van der Waals surface area contributed by atoms with Crippen molar-refractivity contribution in [2.75, 3.05) is 39.8 Å². The first-order chi connectivity index (χ1) is 41.1. The second-order valence-electron chi connectivity index (χ2n) is 23.1. The molecule has 83 heavy (non-hydrogen) atoms. The third kappa shape index (κ3) is 17.6. The normalized spacial score (nSPS) is 18.1. The molecule has 2 aliphatic carbocycles. The highest BCUT2D eigenvalue weighted by atomic mass is 32.2. The molecular formula is C74H88F2O6S. The SMILES string of the molecule is FCCCCC(CCCCOc1ccc(C2=C(c3ccccc3)CCCc3cc(OC4CCCCO4)ccc32)cc1)SC(CCCCF)CCCCOc1ccc(C2=C(c3ccccc3)CCCc3cc(OC4CCCCO4)ccc32)cc1. The molecule has 0 radical (unpaired) electrons. The number of unbranched alkanes of at least 4 members (excludes halogenated alkanes) is 4. The van der Waals surface area contributed by atoms with Gasteiger partial charge < -0.3 is 28.4 Å². The second kappa shape index (κ2) is 32.4. The van der Waals surface area contributed by atoms with E-state index in [1.165, 1.54) is 66.8 Å². The Hall–Kier alpha value is -5.87. The Morgan fingerprint density at radius 2 is 0.819 bits per heavy atom. The molecule has 0 N–H and O–H groups in total. The Morgan fingerprint density at radius 3 is 1.22 bits per heavy atom. The Labute approximate surface area is 498 Å². The Bertz CT molecular complexity index is 2750. The summed E-state index contributed by atoms with van der Waals surface area (Å²) in [5, 5.41) is 0.876. The number of benzene rings is 6. The van der Waals surface area contributed by atoms with Crippen molar-refractivity contribution >= 4 is 34.1 Å². The molecule has 4 unspecified atom stereocenters. The van der Waals surface area contributed by atoms with E-state index in [9.17, 15) is 8.78 Å². The number of allylic oxidation sites excluding steroid dienone is 2. The quantitative estimate of drug-likeness (QED) is 0.0417. The fourth-order valence-corrected chi connectivity index (χ4v) is 14.4. The molecule has 6 aromatic rings. The maximum atomic E-state index is 13.4. The number of rotatable bonds is 30. The number of hydrogen-bond acceptors (Lipinski definition) is 7. The van der Waals surface area contributed by atoms with Crippen LogP contribution in [0.25, 0.3) is 22.3 Å². The van der Waals surface area contributed by atoms with Crippen LogP contribution in [0, 0.1) is 0 Å². The van der Waals surface area contributed by atoms with E-state index in [2.05, 4.69) is 157 Å². The van der Waals surface area contributed by atoms with Gasteiger partial charge in [0.1, 0.15) is 23.0 Å². The maximum absolute atomic E-state index is 13.4. The summed E-state index contributed by atoms with van der Waals surface area (Å²) >= 11 is 2.08. The van der Waals surface area contributed by atoms with Crippen molar-refractivity contribution in [2.45, 2.75) is 177 Å². The van der Waals surface area contributed by atoms with Crippen LogP contribution in [0.3, 0.4) is 0 Å². The minimum Gasteiger partial charge on any atom is -0.494 e. The smallest absolute Gasteiger partial charge is 0.199 e. The highest BCUT2D eigenvalue weighted by Crippen LogP contribution is 2.44. The predicted octanol–water partition coefficient (Wildman–Crippen LogP) is 19.6. The van der Waals surface area contributed by atoms with E-state index in [-0.39, 0.29) is 25.9 Å². The van der Waals surface area contributed by atoms with Crippen LogP contribution in [0.5, 0.6) is 23.0 Å². The lowest BCUT2D eigenvalue weighted by atomic mass is 9.88. The van der Waals surface area contributed by atoms with Crippen LogP contribution in [-0.4, -0.2) is 62.9 Å². The number of hydrogen-bond donors (Lipinski definition) is 0. The summed E-state index contributed by atoms with van der Waals surface area (Å²) in [5.41, 5.74) is 15.4. The molecule has 2 aliphatic heterocycles. The summed E-state index contributed by atoms with van der Waals surface area (Å²) in [6, 6.07) is 52.3. The topological polar surface area (TPSA) is 55.4 Å². The van der Waals surface area contributed by atoms with E-state index in [0.29, 0.717) is 36.6 Å². The molecule has 440 valence electrons. The molecule has 4 atom stereocenters. The van der Waals surface area contributed by atoms with Crippen molar-refractivity contribution < 1.29 is 37.2 Å². The van der Waals surface area contributed by atoms with Gasteiger partial charge in [-0.15, -0.1) is 0 Å². The van der Waals surface area contributed by atoms with Crippen LogP contribution in [0.4, 0.5) is 8.78 Å². The summed E-state index contributed by atoms with van der Waals surface area (Å²) in [5.74, 6) is 3.53. The lowest BCUT2D eigenvalue weighted by Crippen LogP contribution is -2.25. The zero-order valence-corrected chi connectivity index (χ0v) is 49.8. The zero-order valence-electron chi connectivity index (χ0n) is 49.0. The van der Waals surface area contributed by atoms with Gasteiger partial charge in [0.15, 0.2) is 12.6 Å². The third-order valence-corrected chi connectivity index (χ3v) is 18.7. The molecule has 0 amide bonds. The summed E-state index contributed by atoms with van der Waals surface area (Å²) in [6.45, 7) is 2.26. The average molecular weight is 1140 g/mol. The molecule has 0 aromatic heterocycles. The standard InChI is InChI=1S/C74H88F2O6S/c75-47-13-7-27-65(29-9-15-49-77-61-39-35-57(36-40-61)73-67(55-21-3-1-4-22-55)31-19-25-59-53-63(43-45-69(59)73)81-71-33-11-17-51-79-71)83-66(28-8-14-48-76)30-10-16-50-78-62-41-37-58(38-42-62)74-68(56-23-5-2-6-24-56)32-20-26-60-54-64(44-46-70(60)74)82-72-34-12-18-52-80-72/h1-6,21-24,35-46,53-54,65-66,71-72H,7-20,25-34,47-52H2. The number of aryl methyl sites for hydroxylation is 2. The van der Waals surface area contributed by atoms with E-state index in [4.69, 9.17) is 28.4 Å². The predicted molar refractivity (Wildman–Crippen MR) is 338 cm³/mol. The third-order valence-electron chi connectivity index (χ3n) is 17.0. The highest BCUT2D eigenvalue weighted by Gasteiger charge is 2.25. The number of ether oxygens (including phenoxy) is 6. The van der Waals surface area contributed by atoms with Crippen molar-refractivity contribution in [1.29, 1.82) is 0 Å².